The Hall–Kier alpha value is -1.70. The van der Waals surface area contributed by atoms with Gasteiger partial charge in [0.05, 0.1) is 5.97 Å². The van der Waals surface area contributed by atoms with Crippen molar-refractivity contribution in [1.82, 2.24) is 0 Å². The zero-order valence-corrected chi connectivity index (χ0v) is 8.77. The van der Waals surface area contributed by atoms with Gasteiger partial charge in [-0.25, -0.2) is 0 Å². The van der Waals surface area contributed by atoms with E-state index in [9.17, 15) is 14.7 Å². The van der Waals surface area contributed by atoms with E-state index in [4.69, 9.17) is 5.73 Å². The van der Waals surface area contributed by atoms with Gasteiger partial charge in [-0.2, -0.15) is 0 Å². The second-order valence-electron chi connectivity index (χ2n) is 2.76. The van der Waals surface area contributed by atoms with Crippen LogP contribution in [0.5, 0.6) is 0 Å². The minimum atomic E-state index is -1.41. The van der Waals surface area contributed by atoms with Gasteiger partial charge in [-0.3, -0.25) is 4.79 Å². The molecule has 0 spiro atoms. The molecule has 0 saturated heterocycles. The van der Waals surface area contributed by atoms with Crippen molar-refractivity contribution in [1.29, 1.82) is 0 Å². The van der Waals surface area contributed by atoms with E-state index < -0.39 is 11.9 Å². The second kappa shape index (κ2) is 6.72. The van der Waals surface area contributed by atoms with Crippen LogP contribution in [0, 0.1) is 0 Å². The van der Waals surface area contributed by atoms with Crippen molar-refractivity contribution in [3.05, 3.63) is 36.4 Å². The molecular formula is C10H9LiN2O3. The summed E-state index contributed by atoms with van der Waals surface area (Å²) in [6.45, 7) is 0. The van der Waals surface area contributed by atoms with Crippen LogP contribution in [0.1, 0.15) is 0 Å². The fourth-order valence-corrected chi connectivity index (χ4v) is 0.894. The number of carboxylic acids is 1. The number of carboxylic acid groups (broad SMARTS) is 1. The first-order valence-electron chi connectivity index (χ1n) is 4.13. The SMILES string of the molecule is Nc1ccc(NC(=O)/C=C\C(=O)[O-])cc1.[Li+]. The Morgan fingerprint density at radius 1 is 1.19 bits per heavy atom. The molecule has 0 bridgehead atoms. The molecule has 0 aliphatic heterocycles. The predicted molar refractivity (Wildman–Crippen MR) is 53.6 cm³/mol. The Bertz CT molecular complexity index is 401. The summed E-state index contributed by atoms with van der Waals surface area (Å²) >= 11 is 0. The number of hydrogen-bond acceptors (Lipinski definition) is 4. The number of nitrogens with two attached hydrogens (primary N) is 1. The van der Waals surface area contributed by atoms with Crippen molar-refractivity contribution >= 4 is 23.3 Å². The Labute approximate surface area is 105 Å². The molecule has 0 radical (unpaired) electrons. The average Bonchev–Trinajstić information content (AvgIpc) is 2.19. The van der Waals surface area contributed by atoms with Crippen molar-refractivity contribution in [3.8, 4) is 0 Å². The molecule has 5 nitrogen and oxygen atoms in total. The van der Waals surface area contributed by atoms with Gasteiger partial charge in [-0.05, 0) is 30.3 Å². The van der Waals surface area contributed by atoms with Crippen LogP contribution in [0.25, 0.3) is 0 Å². The first kappa shape index (κ1) is 14.3. The van der Waals surface area contributed by atoms with Crippen LogP contribution < -0.4 is 35.0 Å². The molecular weight excluding hydrogens is 203 g/mol. The Kier molecular flexibility index (Phi) is 6.01. The summed E-state index contributed by atoms with van der Waals surface area (Å²) in [6.07, 6.45) is 1.54. The van der Waals surface area contributed by atoms with Gasteiger partial charge in [0.1, 0.15) is 0 Å². The minimum absolute atomic E-state index is 0. The molecule has 3 N–H and O–H groups in total. The third kappa shape index (κ3) is 5.25. The largest absolute Gasteiger partial charge is 1.00 e. The van der Waals surface area contributed by atoms with Gasteiger partial charge < -0.3 is 21.0 Å². The molecule has 78 valence electrons. The van der Waals surface area contributed by atoms with Crippen LogP contribution in [-0.2, 0) is 9.59 Å². The van der Waals surface area contributed by atoms with Gasteiger partial charge in [-0.15, -0.1) is 0 Å². The first-order chi connectivity index (χ1) is 7.08. The van der Waals surface area contributed by atoms with Crippen molar-refractivity contribution < 1.29 is 33.6 Å². The molecule has 1 aromatic rings. The fourth-order valence-electron chi connectivity index (χ4n) is 0.894. The van der Waals surface area contributed by atoms with Gasteiger partial charge in [0.2, 0.25) is 5.91 Å². The second-order valence-corrected chi connectivity index (χ2v) is 2.76. The number of anilines is 2. The number of nitrogens with one attached hydrogen (secondary N) is 1. The molecule has 0 heterocycles. The number of carbonyl (C=O) groups excluding carboxylic acids is 2. The standard InChI is InChI=1S/C10H10N2O3.Li/c11-7-1-3-8(4-2-7)12-9(13)5-6-10(14)15;/h1-6H,11H2,(H,12,13)(H,14,15);/q;+1/p-1/b6-5-;. The smallest absolute Gasteiger partial charge is 0.545 e. The summed E-state index contributed by atoms with van der Waals surface area (Å²) in [5.41, 5.74) is 6.56. The third-order valence-corrected chi connectivity index (χ3v) is 1.55. The van der Waals surface area contributed by atoms with Crippen molar-refractivity contribution in [2.45, 2.75) is 0 Å². The molecule has 0 aliphatic rings. The van der Waals surface area contributed by atoms with Gasteiger partial charge in [-0.1, -0.05) is 0 Å². The molecule has 0 aromatic heterocycles. The molecule has 0 unspecified atom stereocenters. The van der Waals surface area contributed by atoms with Crippen LogP contribution in [0.4, 0.5) is 11.4 Å². The normalized spacial score (nSPS) is 9.50. The van der Waals surface area contributed by atoms with Crippen LogP contribution in [0.15, 0.2) is 36.4 Å². The van der Waals surface area contributed by atoms with E-state index in [2.05, 4.69) is 5.32 Å². The average molecular weight is 212 g/mol. The van der Waals surface area contributed by atoms with E-state index in [-0.39, 0.29) is 18.9 Å². The van der Waals surface area contributed by atoms with E-state index in [1.54, 1.807) is 24.3 Å². The minimum Gasteiger partial charge on any atom is -0.545 e. The zero-order chi connectivity index (χ0) is 11.3. The van der Waals surface area contributed by atoms with Gasteiger partial charge in [0.15, 0.2) is 0 Å². The molecule has 1 aromatic carbocycles. The molecule has 1 amide bonds. The fraction of sp³-hybridized carbons (Fsp3) is 0. The maximum Gasteiger partial charge on any atom is 1.00 e. The zero-order valence-electron chi connectivity index (χ0n) is 8.77. The summed E-state index contributed by atoms with van der Waals surface area (Å²) in [4.78, 5) is 21.1. The monoisotopic (exact) mass is 212 g/mol. The number of amides is 1. The quantitative estimate of drug-likeness (QED) is 0.309. The van der Waals surface area contributed by atoms with Crippen molar-refractivity contribution in [2.75, 3.05) is 11.1 Å². The van der Waals surface area contributed by atoms with Crippen molar-refractivity contribution in [3.63, 3.8) is 0 Å². The van der Waals surface area contributed by atoms with E-state index in [0.717, 1.165) is 6.08 Å². The number of aliphatic carboxylic acids is 1. The molecule has 0 saturated carbocycles. The summed E-state index contributed by atoms with van der Waals surface area (Å²) in [6, 6.07) is 6.47. The van der Waals surface area contributed by atoms with Gasteiger partial charge in [0, 0.05) is 17.5 Å². The van der Waals surface area contributed by atoms with Crippen LogP contribution >= 0.6 is 0 Å². The van der Waals surface area contributed by atoms with Crippen LogP contribution in [0.2, 0.25) is 0 Å². The summed E-state index contributed by atoms with van der Waals surface area (Å²) in [7, 11) is 0. The Morgan fingerprint density at radius 3 is 2.25 bits per heavy atom. The molecule has 6 heteroatoms. The summed E-state index contributed by atoms with van der Waals surface area (Å²) in [5, 5.41) is 12.5. The topological polar surface area (TPSA) is 95.2 Å². The number of rotatable bonds is 3. The maximum absolute atomic E-state index is 11.1. The molecule has 0 atom stereocenters. The predicted octanol–water partition coefficient (Wildman–Crippen LogP) is -3.48. The summed E-state index contributed by atoms with van der Waals surface area (Å²) < 4.78 is 0. The van der Waals surface area contributed by atoms with E-state index >= 15 is 0 Å². The maximum atomic E-state index is 11.1. The van der Waals surface area contributed by atoms with Crippen molar-refractivity contribution in [2.24, 2.45) is 0 Å². The Morgan fingerprint density at radius 2 is 1.75 bits per heavy atom. The number of hydrogen-bond donors (Lipinski definition) is 2. The third-order valence-electron chi connectivity index (χ3n) is 1.55. The number of nitrogen functional groups attached to an aromatic ring is 1. The number of benzene rings is 1. The molecule has 16 heavy (non-hydrogen) atoms. The van der Waals surface area contributed by atoms with Crippen LogP contribution in [-0.4, -0.2) is 11.9 Å². The van der Waals surface area contributed by atoms with Crippen LogP contribution in [0.3, 0.4) is 0 Å². The van der Waals surface area contributed by atoms with E-state index in [1.165, 1.54) is 0 Å². The molecule has 0 fully saturated rings. The Balaban J connectivity index is 0.00000225. The number of carbonyl (C=O) groups is 2. The molecule has 1 rings (SSSR count). The molecule has 0 aliphatic carbocycles. The van der Waals surface area contributed by atoms with E-state index in [0.29, 0.717) is 17.5 Å². The first-order valence-corrected chi connectivity index (χ1v) is 4.13. The van der Waals surface area contributed by atoms with Gasteiger partial charge >= 0.3 is 18.9 Å². The summed E-state index contributed by atoms with van der Waals surface area (Å²) in [5.74, 6) is -1.95. The van der Waals surface area contributed by atoms with E-state index in [1.807, 2.05) is 0 Å². The van der Waals surface area contributed by atoms with Gasteiger partial charge in [0.25, 0.3) is 0 Å².